The summed E-state index contributed by atoms with van der Waals surface area (Å²) in [6.45, 7) is 0. The third-order valence-corrected chi connectivity index (χ3v) is 5.59. The minimum atomic E-state index is 1.28. The van der Waals surface area contributed by atoms with Gasteiger partial charge in [-0.15, -0.1) is 11.3 Å². The fourth-order valence-corrected chi connectivity index (χ4v) is 4.61. The zero-order valence-electron chi connectivity index (χ0n) is 12.5. The second kappa shape index (κ2) is 4.94. The maximum absolute atomic E-state index is 2.36. The molecule has 0 aliphatic rings. The number of hydrogen-bond acceptors (Lipinski definition) is 1. The van der Waals surface area contributed by atoms with Gasteiger partial charge >= 0.3 is 0 Å². The maximum atomic E-state index is 2.36. The predicted octanol–water partition coefficient (Wildman–Crippen LogP) is 6.87. The summed E-state index contributed by atoms with van der Waals surface area (Å²) in [6.07, 6.45) is 0. The highest BCUT2D eigenvalue weighted by molar-refractivity contribution is 7.26. The van der Waals surface area contributed by atoms with Crippen LogP contribution in [0.2, 0.25) is 0 Å². The van der Waals surface area contributed by atoms with Gasteiger partial charge in [0.25, 0.3) is 0 Å². The number of fused-ring (bicyclic) bond motifs is 5. The van der Waals surface area contributed by atoms with Crippen molar-refractivity contribution in [1.29, 1.82) is 0 Å². The molecule has 0 bridgehead atoms. The summed E-state index contributed by atoms with van der Waals surface area (Å²) in [6, 6.07) is 30.5. The Morgan fingerprint density at radius 2 is 1.17 bits per heavy atom. The van der Waals surface area contributed by atoms with Crippen LogP contribution in [0, 0.1) is 0 Å². The molecule has 0 nitrogen and oxygen atoms in total. The molecule has 0 unspecified atom stereocenters. The standard InChI is InChI=1S/C22H14S/c1-2-8-15(9-3-1)19-14-21-22(17-11-5-4-10-16(17)19)18-12-6-7-13-20(18)23-21/h1-14H. The van der Waals surface area contributed by atoms with E-state index in [-0.39, 0.29) is 0 Å². The number of benzene rings is 4. The molecule has 0 N–H and O–H groups in total. The predicted molar refractivity (Wildman–Crippen MR) is 102 cm³/mol. The molecule has 5 aromatic rings. The molecule has 0 fully saturated rings. The Morgan fingerprint density at radius 1 is 0.522 bits per heavy atom. The summed E-state index contributed by atoms with van der Waals surface area (Å²) in [5.41, 5.74) is 2.60. The zero-order valence-corrected chi connectivity index (χ0v) is 13.3. The van der Waals surface area contributed by atoms with Crippen molar-refractivity contribution in [3.63, 3.8) is 0 Å². The highest BCUT2D eigenvalue weighted by Gasteiger charge is 2.12. The lowest BCUT2D eigenvalue weighted by Gasteiger charge is -2.09. The van der Waals surface area contributed by atoms with E-state index in [9.17, 15) is 0 Å². The first-order chi connectivity index (χ1) is 11.4. The first-order valence-electron chi connectivity index (χ1n) is 7.80. The van der Waals surface area contributed by atoms with E-state index in [1.165, 1.54) is 42.1 Å². The molecule has 0 saturated carbocycles. The number of rotatable bonds is 1. The van der Waals surface area contributed by atoms with Gasteiger partial charge in [-0.05, 0) is 34.0 Å². The minimum Gasteiger partial charge on any atom is -0.135 e. The molecule has 0 spiro atoms. The van der Waals surface area contributed by atoms with E-state index >= 15 is 0 Å². The second-order valence-corrected chi connectivity index (χ2v) is 6.89. The third kappa shape index (κ3) is 1.90. The third-order valence-electron chi connectivity index (χ3n) is 4.47. The van der Waals surface area contributed by atoms with Crippen molar-refractivity contribution >= 4 is 42.3 Å². The van der Waals surface area contributed by atoms with Crippen LogP contribution in [0.4, 0.5) is 0 Å². The van der Waals surface area contributed by atoms with Crippen molar-refractivity contribution in [2.75, 3.05) is 0 Å². The summed E-state index contributed by atoms with van der Waals surface area (Å²) >= 11 is 1.89. The van der Waals surface area contributed by atoms with E-state index < -0.39 is 0 Å². The van der Waals surface area contributed by atoms with Gasteiger partial charge in [0.05, 0.1) is 0 Å². The van der Waals surface area contributed by atoms with Gasteiger partial charge in [-0.1, -0.05) is 72.8 Å². The summed E-state index contributed by atoms with van der Waals surface area (Å²) < 4.78 is 2.72. The summed E-state index contributed by atoms with van der Waals surface area (Å²) in [4.78, 5) is 0. The molecule has 1 aromatic heterocycles. The first kappa shape index (κ1) is 12.9. The molecule has 0 radical (unpaired) electrons. The zero-order chi connectivity index (χ0) is 15.2. The quantitative estimate of drug-likeness (QED) is 0.317. The number of thiophene rings is 1. The van der Waals surface area contributed by atoms with Gasteiger partial charge < -0.3 is 0 Å². The molecular formula is C22H14S. The topological polar surface area (TPSA) is 0 Å². The van der Waals surface area contributed by atoms with Crippen molar-refractivity contribution in [2.45, 2.75) is 0 Å². The lowest BCUT2D eigenvalue weighted by atomic mass is 9.95. The molecule has 0 aliphatic carbocycles. The van der Waals surface area contributed by atoms with Crippen molar-refractivity contribution in [3.8, 4) is 11.1 Å². The SMILES string of the molecule is c1ccc(-c2cc3sc4ccccc4c3c3ccccc23)cc1. The van der Waals surface area contributed by atoms with Crippen LogP contribution in [-0.2, 0) is 0 Å². The van der Waals surface area contributed by atoms with Crippen LogP contribution in [0.3, 0.4) is 0 Å². The van der Waals surface area contributed by atoms with E-state index in [1.54, 1.807) is 0 Å². The van der Waals surface area contributed by atoms with Gasteiger partial charge in [0, 0.05) is 20.2 Å². The van der Waals surface area contributed by atoms with Crippen LogP contribution < -0.4 is 0 Å². The van der Waals surface area contributed by atoms with Crippen molar-refractivity contribution in [2.24, 2.45) is 0 Å². The Morgan fingerprint density at radius 3 is 2.00 bits per heavy atom. The molecule has 4 aromatic carbocycles. The second-order valence-electron chi connectivity index (χ2n) is 5.81. The van der Waals surface area contributed by atoms with Crippen LogP contribution in [0.1, 0.15) is 0 Å². The smallest absolute Gasteiger partial charge is 0.0368 e. The van der Waals surface area contributed by atoms with Crippen molar-refractivity contribution in [1.82, 2.24) is 0 Å². The van der Waals surface area contributed by atoms with E-state index in [0.717, 1.165) is 0 Å². The van der Waals surface area contributed by atoms with Gasteiger partial charge in [-0.3, -0.25) is 0 Å². The average molecular weight is 310 g/mol. The van der Waals surface area contributed by atoms with Gasteiger partial charge in [0.15, 0.2) is 0 Å². The molecular weight excluding hydrogens is 296 g/mol. The Labute approximate surface area is 138 Å². The highest BCUT2D eigenvalue weighted by atomic mass is 32.1. The lowest BCUT2D eigenvalue weighted by molar-refractivity contribution is 1.67. The summed E-state index contributed by atoms with van der Waals surface area (Å²) in [5.74, 6) is 0. The van der Waals surface area contributed by atoms with Crippen molar-refractivity contribution < 1.29 is 0 Å². The molecule has 1 heteroatoms. The Hall–Kier alpha value is -2.64. The molecule has 0 saturated heterocycles. The molecule has 1 heterocycles. The fraction of sp³-hybridized carbons (Fsp3) is 0. The Balaban J connectivity index is 2.02. The first-order valence-corrected chi connectivity index (χ1v) is 8.62. The molecule has 0 aliphatic heterocycles. The largest absolute Gasteiger partial charge is 0.135 e. The lowest BCUT2D eigenvalue weighted by Crippen LogP contribution is -1.82. The van der Waals surface area contributed by atoms with E-state index in [2.05, 4.69) is 84.9 Å². The van der Waals surface area contributed by atoms with Crippen LogP contribution in [0.15, 0.2) is 84.9 Å². The Kier molecular flexibility index (Phi) is 2.76. The van der Waals surface area contributed by atoms with E-state index in [0.29, 0.717) is 0 Å². The highest BCUT2D eigenvalue weighted by Crippen LogP contribution is 2.42. The van der Waals surface area contributed by atoms with Gasteiger partial charge in [0.2, 0.25) is 0 Å². The number of hydrogen-bond donors (Lipinski definition) is 0. The van der Waals surface area contributed by atoms with Gasteiger partial charge in [-0.2, -0.15) is 0 Å². The minimum absolute atomic E-state index is 1.28. The Bertz CT molecular complexity index is 1150. The fourth-order valence-electron chi connectivity index (χ4n) is 3.45. The van der Waals surface area contributed by atoms with Crippen LogP contribution >= 0.6 is 11.3 Å². The van der Waals surface area contributed by atoms with E-state index in [4.69, 9.17) is 0 Å². The monoisotopic (exact) mass is 310 g/mol. The van der Waals surface area contributed by atoms with Crippen LogP contribution in [-0.4, -0.2) is 0 Å². The normalized spacial score (nSPS) is 11.5. The summed E-state index contributed by atoms with van der Waals surface area (Å²) in [7, 11) is 0. The van der Waals surface area contributed by atoms with E-state index in [1.807, 2.05) is 11.3 Å². The molecule has 5 rings (SSSR count). The molecule has 0 atom stereocenters. The maximum Gasteiger partial charge on any atom is 0.0368 e. The molecule has 108 valence electrons. The van der Waals surface area contributed by atoms with Gasteiger partial charge in [-0.25, -0.2) is 0 Å². The molecule has 23 heavy (non-hydrogen) atoms. The van der Waals surface area contributed by atoms with Crippen LogP contribution in [0.5, 0.6) is 0 Å². The summed E-state index contributed by atoms with van der Waals surface area (Å²) in [5, 5.41) is 5.43. The van der Waals surface area contributed by atoms with Gasteiger partial charge in [0.1, 0.15) is 0 Å². The van der Waals surface area contributed by atoms with Crippen LogP contribution in [0.25, 0.3) is 42.1 Å². The average Bonchev–Trinajstić information content (AvgIpc) is 3.00. The van der Waals surface area contributed by atoms with Crippen molar-refractivity contribution in [3.05, 3.63) is 84.9 Å². The molecule has 0 amide bonds.